The first-order valence-electron chi connectivity index (χ1n) is 8.60. The fraction of sp³-hybridized carbons (Fsp3) is 0.182. The number of benzene rings is 3. The molecule has 3 aromatic carbocycles. The molecule has 0 aliphatic heterocycles. The molecule has 0 saturated carbocycles. The number of halogens is 1. The molecule has 1 unspecified atom stereocenters. The van der Waals surface area contributed by atoms with Crippen LogP contribution in [0.15, 0.2) is 91.0 Å². The third-order valence-electron chi connectivity index (χ3n) is 4.70. The van der Waals surface area contributed by atoms with Gasteiger partial charge in [-0.05, 0) is 0 Å². The second-order valence-electron chi connectivity index (χ2n) is 6.16. The van der Waals surface area contributed by atoms with Crippen LogP contribution in [0.2, 0.25) is 0 Å². The predicted molar refractivity (Wildman–Crippen MR) is 114 cm³/mol. The van der Waals surface area contributed by atoms with Crippen LogP contribution in [0.3, 0.4) is 0 Å². The number of hydrogen-bond acceptors (Lipinski definition) is 0. The van der Waals surface area contributed by atoms with Crippen LogP contribution < -0.4 is 15.9 Å². The van der Waals surface area contributed by atoms with Gasteiger partial charge in [0.05, 0.1) is 0 Å². The quantitative estimate of drug-likeness (QED) is 0.393. The molecule has 0 N–H and O–H groups in total. The maximum atomic E-state index is 4.13. The Labute approximate surface area is 154 Å². The Bertz CT molecular complexity index is 644. The molecule has 0 nitrogen and oxygen atoms in total. The third kappa shape index (κ3) is 3.21. The van der Waals surface area contributed by atoms with Gasteiger partial charge >= 0.3 is 154 Å². The molecule has 0 spiro atoms. The number of rotatable bonds is 6. The fourth-order valence-electron chi connectivity index (χ4n) is 3.62. The summed E-state index contributed by atoms with van der Waals surface area (Å²) in [4.78, 5) is 0. The van der Waals surface area contributed by atoms with Gasteiger partial charge in [-0.2, -0.15) is 0 Å². The second kappa shape index (κ2) is 8.10. The minimum absolute atomic E-state index is 0.460. The first-order chi connectivity index (χ1) is 11.8. The standard InChI is InChI=1S/C22H24BrP/c1-2-12-22(23)24(19-13-6-3-7-14-19,20-15-8-4-9-16-20)21-17-10-5-11-18-21/h3-11,13-18,22,24H,2,12H2,1H3. The number of hydrogen-bond donors (Lipinski definition) is 0. The molecule has 124 valence electrons. The average Bonchev–Trinajstić information content (AvgIpc) is 2.65. The van der Waals surface area contributed by atoms with E-state index in [1.807, 2.05) is 0 Å². The second-order valence-corrected chi connectivity index (χ2v) is 12.2. The summed E-state index contributed by atoms with van der Waals surface area (Å²) >= 11 is 4.13. The molecule has 3 rings (SSSR count). The Morgan fingerprint density at radius 1 is 0.667 bits per heavy atom. The summed E-state index contributed by atoms with van der Waals surface area (Å²) in [6.45, 7) is 2.27. The van der Waals surface area contributed by atoms with Gasteiger partial charge in [-0.15, -0.1) is 0 Å². The predicted octanol–water partition coefficient (Wildman–Crippen LogP) is 5.23. The van der Waals surface area contributed by atoms with Crippen molar-refractivity contribution in [3.05, 3.63) is 91.0 Å². The Kier molecular flexibility index (Phi) is 5.87. The molecule has 0 heterocycles. The summed E-state index contributed by atoms with van der Waals surface area (Å²) in [6, 6.07) is 33.3. The van der Waals surface area contributed by atoms with Crippen molar-refractivity contribution < 1.29 is 0 Å². The third-order valence-corrected chi connectivity index (χ3v) is 12.2. The monoisotopic (exact) mass is 398 g/mol. The van der Waals surface area contributed by atoms with Gasteiger partial charge in [0.2, 0.25) is 0 Å². The van der Waals surface area contributed by atoms with Crippen LogP contribution in [0, 0.1) is 0 Å². The van der Waals surface area contributed by atoms with E-state index in [2.05, 4.69) is 114 Å². The van der Waals surface area contributed by atoms with Gasteiger partial charge in [0.15, 0.2) is 0 Å². The molecule has 24 heavy (non-hydrogen) atoms. The van der Waals surface area contributed by atoms with Crippen LogP contribution >= 0.6 is 23.2 Å². The molecule has 0 saturated heterocycles. The van der Waals surface area contributed by atoms with E-state index in [4.69, 9.17) is 0 Å². The van der Waals surface area contributed by atoms with Crippen LogP contribution in [0.1, 0.15) is 19.8 Å². The first kappa shape index (κ1) is 17.4. The number of alkyl halides is 1. The molecule has 3 aromatic rings. The molecule has 0 amide bonds. The molecule has 0 radical (unpaired) electrons. The van der Waals surface area contributed by atoms with Gasteiger partial charge in [-0.25, -0.2) is 0 Å². The molecule has 0 aliphatic rings. The summed E-state index contributed by atoms with van der Waals surface area (Å²) in [5.74, 6) is 0. The fourth-order valence-corrected chi connectivity index (χ4v) is 11.4. The van der Waals surface area contributed by atoms with E-state index in [9.17, 15) is 0 Å². The Hall–Kier alpha value is -1.43. The van der Waals surface area contributed by atoms with E-state index < -0.39 is 7.26 Å². The topological polar surface area (TPSA) is 0 Å². The average molecular weight is 399 g/mol. The molecular weight excluding hydrogens is 375 g/mol. The summed E-state index contributed by atoms with van der Waals surface area (Å²) in [6.07, 6.45) is 2.35. The van der Waals surface area contributed by atoms with E-state index in [0.29, 0.717) is 4.57 Å². The van der Waals surface area contributed by atoms with Crippen molar-refractivity contribution in [2.24, 2.45) is 0 Å². The van der Waals surface area contributed by atoms with E-state index >= 15 is 0 Å². The van der Waals surface area contributed by atoms with E-state index in [0.717, 1.165) is 0 Å². The van der Waals surface area contributed by atoms with Gasteiger partial charge in [0, 0.05) is 0 Å². The molecule has 0 aliphatic carbocycles. The van der Waals surface area contributed by atoms with Crippen LogP contribution in [0.25, 0.3) is 0 Å². The van der Waals surface area contributed by atoms with Gasteiger partial charge < -0.3 is 0 Å². The Morgan fingerprint density at radius 2 is 1.00 bits per heavy atom. The van der Waals surface area contributed by atoms with Crippen LogP contribution in [-0.4, -0.2) is 4.57 Å². The zero-order chi connectivity index (χ0) is 16.8. The Morgan fingerprint density at radius 3 is 1.29 bits per heavy atom. The minimum atomic E-state index is -2.13. The van der Waals surface area contributed by atoms with Crippen molar-refractivity contribution in [1.29, 1.82) is 0 Å². The van der Waals surface area contributed by atoms with Crippen molar-refractivity contribution >= 4 is 39.1 Å². The zero-order valence-electron chi connectivity index (χ0n) is 14.0. The van der Waals surface area contributed by atoms with Gasteiger partial charge in [-0.1, -0.05) is 0 Å². The van der Waals surface area contributed by atoms with E-state index in [-0.39, 0.29) is 0 Å². The molecule has 0 bridgehead atoms. The van der Waals surface area contributed by atoms with E-state index in [1.54, 1.807) is 0 Å². The molecule has 0 aromatic heterocycles. The van der Waals surface area contributed by atoms with Crippen LogP contribution in [-0.2, 0) is 0 Å². The molecular formula is C22H24BrP. The van der Waals surface area contributed by atoms with Crippen molar-refractivity contribution in [1.82, 2.24) is 0 Å². The summed E-state index contributed by atoms with van der Waals surface area (Å²) < 4.78 is 0.460. The maximum absolute atomic E-state index is 4.13. The summed E-state index contributed by atoms with van der Waals surface area (Å²) in [5.41, 5.74) is 0. The molecule has 1 atom stereocenters. The van der Waals surface area contributed by atoms with Crippen molar-refractivity contribution in [2.45, 2.75) is 24.3 Å². The molecule has 0 fully saturated rings. The van der Waals surface area contributed by atoms with Crippen LogP contribution in [0.5, 0.6) is 0 Å². The van der Waals surface area contributed by atoms with Crippen molar-refractivity contribution in [3.63, 3.8) is 0 Å². The van der Waals surface area contributed by atoms with Gasteiger partial charge in [0.1, 0.15) is 0 Å². The first-order valence-corrected chi connectivity index (χ1v) is 11.6. The molecule has 2 heteroatoms. The van der Waals surface area contributed by atoms with Crippen molar-refractivity contribution in [3.8, 4) is 0 Å². The van der Waals surface area contributed by atoms with E-state index in [1.165, 1.54) is 28.8 Å². The zero-order valence-corrected chi connectivity index (χ0v) is 16.6. The SMILES string of the molecule is CCCC(Br)[PH](c1ccccc1)(c1ccccc1)c1ccccc1. The van der Waals surface area contributed by atoms with Crippen molar-refractivity contribution in [2.75, 3.05) is 0 Å². The normalized spacial score (nSPS) is 13.4. The summed E-state index contributed by atoms with van der Waals surface area (Å²) in [5, 5.41) is 4.41. The summed E-state index contributed by atoms with van der Waals surface area (Å²) in [7, 11) is -2.13. The van der Waals surface area contributed by atoms with Crippen LogP contribution in [0.4, 0.5) is 0 Å². The van der Waals surface area contributed by atoms with Gasteiger partial charge in [0.25, 0.3) is 0 Å². The Balaban J connectivity index is 2.33. The van der Waals surface area contributed by atoms with Gasteiger partial charge in [-0.3, -0.25) is 0 Å².